The zero-order valence-electron chi connectivity index (χ0n) is 11.7. The van der Waals surface area contributed by atoms with E-state index < -0.39 is 0 Å². The van der Waals surface area contributed by atoms with Gasteiger partial charge in [0.25, 0.3) is 5.91 Å². The largest absolute Gasteiger partial charge is 0.495 e. The SMILES string of the molecule is CNC(=O)c1ccc(NC(=O)CC(C)C)c(OC)c1. The van der Waals surface area contributed by atoms with E-state index in [0.29, 0.717) is 23.4 Å². The summed E-state index contributed by atoms with van der Waals surface area (Å²) in [5.74, 6) is 0.494. The van der Waals surface area contributed by atoms with E-state index in [0.717, 1.165) is 0 Å². The van der Waals surface area contributed by atoms with Crippen molar-refractivity contribution < 1.29 is 14.3 Å². The molecule has 0 saturated heterocycles. The fourth-order valence-electron chi connectivity index (χ4n) is 1.65. The Labute approximate surface area is 113 Å². The fourth-order valence-corrected chi connectivity index (χ4v) is 1.65. The summed E-state index contributed by atoms with van der Waals surface area (Å²) in [5.41, 5.74) is 1.06. The minimum Gasteiger partial charge on any atom is -0.495 e. The highest BCUT2D eigenvalue weighted by molar-refractivity contribution is 5.97. The predicted molar refractivity (Wildman–Crippen MR) is 74.5 cm³/mol. The number of carbonyl (C=O) groups is 2. The summed E-state index contributed by atoms with van der Waals surface area (Å²) in [6.45, 7) is 3.96. The monoisotopic (exact) mass is 264 g/mol. The second kappa shape index (κ2) is 6.78. The van der Waals surface area contributed by atoms with Crippen molar-refractivity contribution in [3.05, 3.63) is 23.8 Å². The van der Waals surface area contributed by atoms with Crippen molar-refractivity contribution in [1.82, 2.24) is 5.32 Å². The molecule has 19 heavy (non-hydrogen) atoms. The molecule has 1 rings (SSSR count). The number of hydrogen-bond acceptors (Lipinski definition) is 3. The van der Waals surface area contributed by atoms with Crippen LogP contribution in [0.5, 0.6) is 5.75 Å². The Kier molecular flexibility index (Phi) is 5.36. The van der Waals surface area contributed by atoms with E-state index in [9.17, 15) is 9.59 Å². The Bertz CT molecular complexity index is 470. The lowest BCUT2D eigenvalue weighted by molar-refractivity contribution is -0.116. The molecule has 0 aliphatic carbocycles. The molecule has 0 spiro atoms. The number of carbonyl (C=O) groups excluding carboxylic acids is 2. The van der Waals surface area contributed by atoms with Crippen molar-refractivity contribution in [2.45, 2.75) is 20.3 Å². The number of ether oxygens (including phenoxy) is 1. The zero-order chi connectivity index (χ0) is 14.4. The van der Waals surface area contributed by atoms with Crippen LogP contribution >= 0.6 is 0 Å². The lowest BCUT2D eigenvalue weighted by Gasteiger charge is -2.12. The number of benzene rings is 1. The summed E-state index contributed by atoms with van der Waals surface area (Å²) < 4.78 is 5.19. The van der Waals surface area contributed by atoms with Gasteiger partial charge in [0.05, 0.1) is 12.8 Å². The maximum absolute atomic E-state index is 11.7. The first-order chi connectivity index (χ1) is 8.97. The van der Waals surface area contributed by atoms with Crippen LogP contribution in [0.15, 0.2) is 18.2 Å². The van der Waals surface area contributed by atoms with Crippen molar-refractivity contribution in [3.8, 4) is 5.75 Å². The maximum Gasteiger partial charge on any atom is 0.251 e. The summed E-state index contributed by atoms with van der Waals surface area (Å²) in [6, 6.07) is 4.91. The minimum atomic E-state index is -0.196. The second-order valence-electron chi connectivity index (χ2n) is 4.64. The van der Waals surface area contributed by atoms with Gasteiger partial charge in [-0.15, -0.1) is 0 Å². The molecule has 0 atom stereocenters. The molecule has 5 nitrogen and oxygen atoms in total. The zero-order valence-corrected chi connectivity index (χ0v) is 11.7. The first kappa shape index (κ1) is 15.0. The Morgan fingerprint density at radius 1 is 1.32 bits per heavy atom. The fraction of sp³-hybridized carbons (Fsp3) is 0.429. The molecule has 104 valence electrons. The van der Waals surface area contributed by atoms with Gasteiger partial charge in [-0.05, 0) is 24.1 Å². The molecule has 1 aromatic carbocycles. The smallest absolute Gasteiger partial charge is 0.251 e. The molecule has 0 radical (unpaired) electrons. The van der Waals surface area contributed by atoms with Gasteiger partial charge in [-0.1, -0.05) is 13.8 Å². The van der Waals surface area contributed by atoms with Crippen LogP contribution in [0.4, 0.5) is 5.69 Å². The molecule has 5 heteroatoms. The molecule has 0 aliphatic heterocycles. The third kappa shape index (κ3) is 4.28. The summed E-state index contributed by atoms with van der Waals surface area (Å²) in [6.07, 6.45) is 0.445. The van der Waals surface area contributed by atoms with Gasteiger partial charge < -0.3 is 15.4 Å². The van der Waals surface area contributed by atoms with Gasteiger partial charge >= 0.3 is 0 Å². The van der Waals surface area contributed by atoms with Gasteiger partial charge in [-0.3, -0.25) is 9.59 Å². The highest BCUT2D eigenvalue weighted by atomic mass is 16.5. The van der Waals surface area contributed by atoms with E-state index in [-0.39, 0.29) is 17.7 Å². The minimum absolute atomic E-state index is 0.0685. The number of rotatable bonds is 5. The van der Waals surface area contributed by atoms with Crippen molar-refractivity contribution in [1.29, 1.82) is 0 Å². The summed E-state index contributed by atoms with van der Waals surface area (Å²) in [7, 11) is 3.06. The molecule has 0 saturated carbocycles. The van der Waals surface area contributed by atoms with Crippen LogP contribution in [-0.2, 0) is 4.79 Å². The van der Waals surface area contributed by atoms with Crippen LogP contribution in [0.2, 0.25) is 0 Å². The number of anilines is 1. The number of amides is 2. The molecule has 0 bridgehead atoms. The topological polar surface area (TPSA) is 67.4 Å². The number of nitrogens with one attached hydrogen (secondary N) is 2. The lowest BCUT2D eigenvalue weighted by Crippen LogP contribution is -2.18. The van der Waals surface area contributed by atoms with Crippen molar-refractivity contribution in [2.24, 2.45) is 5.92 Å². The molecule has 0 fully saturated rings. The Morgan fingerprint density at radius 3 is 2.53 bits per heavy atom. The van der Waals surface area contributed by atoms with Crippen LogP contribution in [0.25, 0.3) is 0 Å². The third-order valence-corrected chi connectivity index (χ3v) is 2.56. The summed E-state index contributed by atoms with van der Waals surface area (Å²) >= 11 is 0. The predicted octanol–water partition coefficient (Wildman–Crippen LogP) is 2.04. The quantitative estimate of drug-likeness (QED) is 0.855. The van der Waals surface area contributed by atoms with E-state index in [1.54, 1.807) is 25.2 Å². The molecule has 0 unspecified atom stereocenters. The average molecular weight is 264 g/mol. The number of hydrogen-bond donors (Lipinski definition) is 2. The lowest BCUT2D eigenvalue weighted by atomic mass is 10.1. The van der Waals surface area contributed by atoms with E-state index in [4.69, 9.17) is 4.74 Å². The van der Waals surface area contributed by atoms with Crippen LogP contribution in [0.3, 0.4) is 0 Å². The Morgan fingerprint density at radius 2 is 2.00 bits per heavy atom. The average Bonchev–Trinajstić information content (AvgIpc) is 2.37. The Balaban J connectivity index is 2.90. The van der Waals surface area contributed by atoms with Crippen LogP contribution in [0, 0.1) is 5.92 Å². The molecular weight excluding hydrogens is 244 g/mol. The van der Waals surface area contributed by atoms with E-state index in [1.165, 1.54) is 7.11 Å². The van der Waals surface area contributed by atoms with Crippen LogP contribution in [0.1, 0.15) is 30.6 Å². The molecule has 2 N–H and O–H groups in total. The van der Waals surface area contributed by atoms with Gasteiger partial charge in [0.15, 0.2) is 0 Å². The van der Waals surface area contributed by atoms with Gasteiger partial charge in [-0.25, -0.2) is 0 Å². The third-order valence-electron chi connectivity index (χ3n) is 2.56. The molecule has 2 amide bonds. The van der Waals surface area contributed by atoms with Crippen molar-refractivity contribution in [3.63, 3.8) is 0 Å². The van der Waals surface area contributed by atoms with Crippen molar-refractivity contribution in [2.75, 3.05) is 19.5 Å². The maximum atomic E-state index is 11.7. The summed E-state index contributed by atoms with van der Waals surface area (Å²) in [4.78, 5) is 23.2. The highest BCUT2D eigenvalue weighted by Crippen LogP contribution is 2.26. The number of methoxy groups -OCH3 is 1. The van der Waals surface area contributed by atoms with E-state index in [1.807, 2.05) is 13.8 Å². The highest BCUT2D eigenvalue weighted by Gasteiger charge is 2.12. The first-order valence-electron chi connectivity index (χ1n) is 6.18. The van der Waals surface area contributed by atoms with Crippen molar-refractivity contribution >= 4 is 17.5 Å². The standard InChI is InChI=1S/C14H20N2O3/c1-9(2)7-13(17)16-11-6-5-10(14(18)15-3)8-12(11)19-4/h5-6,8-9H,7H2,1-4H3,(H,15,18)(H,16,17). The van der Waals surface area contributed by atoms with E-state index >= 15 is 0 Å². The summed E-state index contributed by atoms with van der Waals surface area (Å²) in [5, 5.41) is 5.32. The molecule has 1 aromatic rings. The van der Waals surface area contributed by atoms with Gasteiger partial charge in [-0.2, -0.15) is 0 Å². The molecular formula is C14H20N2O3. The van der Waals surface area contributed by atoms with Gasteiger partial charge in [0.1, 0.15) is 5.75 Å². The second-order valence-corrected chi connectivity index (χ2v) is 4.64. The molecule has 0 aliphatic rings. The van der Waals surface area contributed by atoms with E-state index in [2.05, 4.69) is 10.6 Å². The van der Waals surface area contributed by atoms with Crippen LogP contribution in [-0.4, -0.2) is 26.0 Å². The first-order valence-corrected chi connectivity index (χ1v) is 6.18. The molecule has 0 aromatic heterocycles. The van der Waals surface area contributed by atoms with Crippen LogP contribution < -0.4 is 15.4 Å². The normalized spacial score (nSPS) is 10.2. The van der Waals surface area contributed by atoms with Gasteiger partial charge in [0, 0.05) is 19.0 Å². The Hall–Kier alpha value is -2.04. The van der Waals surface area contributed by atoms with Gasteiger partial charge in [0.2, 0.25) is 5.91 Å². The molecule has 0 heterocycles.